The number of aryl methyl sites for hydroxylation is 2. The molecule has 2 aromatic heterocycles. The van der Waals surface area contributed by atoms with Crippen LogP contribution in [0.1, 0.15) is 6.42 Å². The van der Waals surface area contributed by atoms with Crippen molar-refractivity contribution < 1.29 is 27.4 Å². The smallest absolute Gasteiger partial charge is 0.493 e. The van der Waals surface area contributed by atoms with Gasteiger partial charge in [-0.2, -0.15) is 4.98 Å². The summed E-state index contributed by atoms with van der Waals surface area (Å²) in [5.41, 5.74) is -0.550. The van der Waals surface area contributed by atoms with Crippen molar-refractivity contribution in [1.29, 1.82) is 0 Å². The third-order valence-corrected chi connectivity index (χ3v) is 4.65. The van der Waals surface area contributed by atoms with E-state index in [0.29, 0.717) is 6.42 Å². The summed E-state index contributed by atoms with van der Waals surface area (Å²) < 4.78 is 55.3. The Labute approximate surface area is 178 Å². The summed E-state index contributed by atoms with van der Waals surface area (Å²) in [6.07, 6.45) is -4.44. The van der Waals surface area contributed by atoms with E-state index in [1.54, 1.807) is 7.05 Å². The largest absolute Gasteiger partial charge is 0.573 e. The lowest BCUT2D eigenvalue weighted by molar-refractivity contribution is -0.274. The van der Waals surface area contributed by atoms with Gasteiger partial charge in [-0.3, -0.25) is 18.5 Å². The first-order valence-corrected chi connectivity index (χ1v) is 9.30. The molecule has 0 amide bonds. The second kappa shape index (κ2) is 8.53. The molecule has 0 atom stereocenters. The quantitative estimate of drug-likeness (QED) is 0.501. The van der Waals surface area contributed by atoms with Gasteiger partial charge in [-0.15, -0.1) is 13.2 Å². The van der Waals surface area contributed by atoms with Crippen molar-refractivity contribution in [2.24, 2.45) is 21.1 Å². The van der Waals surface area contributed by atoms with E-state index in [1.807, 2.05) is 0 Å². The molecule has 0 bridgehead atoms. The Morgan fingerprint density at radius 2 is 1.71 bits per heavy atom. The van der Waals surface area contributed by atoms with Crippen LogP contribution in [0.4, 0.5) is 13.2 Å². The van der Waals surface area contributed by atoms with Crippen molar-refractivity contribution in [3.63, 3.8) is 0 Å². The third kappa shape index (κ3) is 4.79. The number of fused-ring (bicyclic) bond motifs is 1. The van der Waals surface area contributed by atoms with Gasteiger partial charge in [-0.1, -0.05) is 11.6 Å². The highest BCUT2D eigenvalue weighted by atomic mass is 35.5. The van der Waals surface area contributed by atoms with Crippen LogP contribution < -0.4 is 25.5 Å². The highest BCUT2D eigenvalue weighted by Gasteiger charge is 2.32. The second-order valence-electron chi connectivity index (χ2n) is 6.52. The molecule has 3 rings (SSSR count). The van der Waals surface area contributed by atoms with Gasteiger partial charge >= 0.3 is 12.1 Å². The number of alkyl halides is 3. The zero-order valence-electron chi connectivity index (χ0n) is 16.7. The Kier molecular flexibility index (Phi) is 6.20. The predicted octanol–water partition coefficient (Wildman–Crippen LogP) is 2.37. The van der Waals surface area contributed by atoms with E-state index in [1.165, 1.54) is 35.4 Å². The van der Waals surface area contributed by atoms with E-state index in [-0.39, 0.29) is 41.2 Å². The minimum atomic E-state index is -4.84. The molecule has 0 aliphatic rings. The molecule has 31 heavy (non-hydrogen) atoms. The van der Waals surface area contributed by atoms with Crippen LogP contribution in [-0.2, 0) is 21.1 Å². The molecule has 0 spiro atoms. The van der Waals surface area contributed by atoms with Crippen LogP contribution in [-0.4, -0.2) is 38.3 Å². The molecule has 0 aliphatic carbocycles. The summed E-state index contributed by atoms with van der Waals surface area (Å²) in [6.45, 7) is 0.356. The lowest BCUT2D eigenvalue weighted by Gasteiger charge is -2.12. The number of halogens is 4. The Balaban J connectivity index is 1.59. The van der Waals surface area contributed by atoms with Gasteiger partial charge in [-0.25, -0.2) is 4.79 Å². The summed E-state index contributed by atoms with van der Waals surface area (Å²) in [4.78, 5) is 28.6. The average Bonchev–Trinajstić information content (AvgIpc) is 3.02. The number of aromatic nitrogens is 4. The molecule has 3 aromatic rings. The molecule has 1 aromatic carbocycles. The molecule has 0 saturated carbocycles. The fraction of sp³-hybridized carbons (Fsp3) is 0.389. The van der Waals surface area contributed by atoms with Crippen molar-refractivity contribution in [1.82, 2.24) is 18.7 Å². The molecule has 0 fully saturated rings. The fourth-order valence-electron chi connectivity index (χ4n) is 2.82. The standard InChI is InChI=1S/C18H18ClF3N4O5/c1-24-13-14(25(2)17(28)26(3)15(13)27)23-16(24)30-8-4-7-29-10-5-6-12(11(19)9-10)31-18(20,21)22/h5-6,9H,4,7-8H2,1-3H3. The fourth-order valence-corrected chi connectivity index (χ4v) is 3.03. The molecule has 0 saturated heterocycles. The molecule has 0 unspecified atom stereocenters. The maximum absolute atomic E-state index is 12.3. The lowest BCUT2D eigenvalue weighted by atomic mass is 10.3. The number of benzene rings is 1. The number of hydrogen-bond acceptors (Lipinski definition) is 6. The van der Waals surface area contributed by atoms with Crippen LogP contribution in [0.5, 0.6) is 17.5 Å². The maximum Gasteiger partial charge on any atom is 0.573 e. The Morgan fingerprint density at radius 3 is 2.35 bits per heavy atom. The topological polar surface area (TPSA) is 89.5 Å². The van der Waals surface area contributed by atoms with Gasteiger partial charge in [0.05, 0.1) is 18.2 Å². The van der Waals surface area contributed by atoms with Crippen LogP contribution in [0.2, 0.25) is 5.02 Å². The zero-order chi connectivity index (χ0) is 22.9. The maximum atomic E-state index is 12.3. The number of imidazole rings is 1. The van der Waals surface area contributed by atoms with E-state index in [4.69, 9.17) is 21.1 Å². The van der Waals surface area contributed by atoms with Crippen LogP contribution in [0.15, 0.2) is 27.8 Å². The lowest BCUT2D eigenvalue weighted by Crippen LogP contribution is -2.37. The van der Waals surface area contributed by atoms with Gasteiger partial charge in [0.25, 0.3) is 11.6 Å². The van der Waals surface area contributed by atoms with Gasteiger partial charge in [0.1, 0.15) is 11.5 Å². The predicted molar refractivity (Wildman–Crippen MR) is 105 cm³/mol. The van der Waals surface area contributed by atoms with E-state index >= 15 is 0 Å². The van der Waals surface area contributed by atoms with Crippen LogP contribution in [0.25, 0.3) is 11.2 Å². The molecule has 0 aliphatic heterocycles. The monoisotopic (exact) mass is 462 g/mol. The minimum Gasteiger partial charge on any atom is -0.493 e. The van der Waals surface area contributed by atoms with Gasteiger partial charge in [-0.05, 0) is 12.1 Å². The average molecular weight is 463 g/mol. The molecule has 0 N–H and O–H groups in total. The molecule has 168 valence electrons. The van der Waals surface area contributed by atoms with Crippen LogP contribution >= 0.6 is 11.6 Å². The van der Waals surface area contributed by atoms with E-state index in [2.05, 4.69) is 9.72 Å². The van der Waals surface area contributed by atoms with Crippen molar-refractivity contribution in [3.8, 4) is 17.5 Å². The second-order valence-corrected chi connectivity index (χ2v) is 6.93. The van der Waals surface area contributed by atoms with Gasteiger partial charge in [0.15, 0.2) is 11.2 Å². The van der Waals surface area contributed by atoms with E-state index in [9.17, 15) is 22.8 Å². The first kappa shape index (κ1) is 22.5. The van der Waals surface area contributed by atoms with Crippen molar-refractivity contribution in [2.75, 3.05) is 13.2 Å². The van der Waals surface area contributed by atoms with E-state index < -0.39 is 23.4 Å². The first-order valence-electron chi connectivity index (χ1n) is 8.93. The number of nitrogens with zero attached hydrogens (tertiary/aromatic N) is 4. The Bertz CT molecular complexity index is 1230. The van der Waals surface area contributed by atoms with Crippen molar-refractivity contribution >= 4 is 22.8 Å². The minimum absolute atomic E-state index is 0.157. The molecular weight excluding hydrogens is 445 g/mol. The highest BCUT2D eigenvalue weighted by molar-refractivity contribution is 6.32. The number of rotatable bonds is 7. The number of ether oxygens (including phenoxy) is 3. The molecule has 13 heteroatoms. The zero-order valence-corrected chi connectivity index (χ0v) is 17.5. The Hall–Kier alpha value is -3.15. The molecule has 9 nitrogen and oxygen atoms in total. The summed E-state index contributed by atoms with van der Waals surface area (Å²) in [7, 11) is 4.48. The first-order chi connectivity index (χ1) is 14.5. The van der Waals surface area contributed by atoms with Gasteiger partial charge in [0.2, 0.25) is 0 Å². The number of hydrogen-bond donors (Lipinski definition) is 0. The normalized spacial score (nSPS) is 11.7. The van der Waals surface area contributed by atoms with Crippen LogP contribution in [0, 0.1) is 0 Å². The highest BCUT2D eigenvalue weighted by Crippen LogP contribution is 2.32. The molecule has 0 radical (unpaired) electrons. The van der Waals surface area contributed by atoms with Crippen LogP contribution in [0.3, 0.4) is 0 Å². The van der Waals surface area contributed by atoms with Crippen molar-refractivity contribution in [2.45, 2.75) is 12.8 Å². The third-order valence-electron chi connectivity index (χ3n) is 4.35. The summed E-state index contributed by atoms with van der Waals surface area (Å²) in [6, 6.07) is 3.73. The van der Waals surface area contributed by atoms with E-state index in [0.717, 1.165) is 10.6 Å². The van der Waals surface area contributed by atoms with Gasteiger partial charge in [0, 0.05) is 33.6 Å². The molecule has 2 heterocycles. The SMILES string of the molecule is Cn1c(=O)c2c(nc(OCCCOc3ccc(OC(F)(F)F)c(Cl)c3)n2C)n(C)c1=O. The summed E-state index contributed by atoms with van der Waals surface area (Å²) in [5, 5.41) is -0.238. The van der Waals surface area contributed by atoms with Crippen molar-refractivity contribution in [3.05, 3.63) is 44.1 Å². The summed E-state index contributed by atoms with van der Waals surface area (Å²) >= 11 is 5.77. The molecular formula is C18H18ClF3N4O5. The summed E-state index contributed by atoms with van der Waals surface area (Å²) in [5.74, 6) is -0.256. The Morgan fingerprint density at radius 1 is 1.03 bits per heavy atom. The van der Waals surface area contributed by atoms with Gasteiger partial charge < -0.3 is 14.2 Å².